The fourth-order valence-corrected chi connectivity index (χ4v) is 4.43. The van der Waals surface area contributed by atoms with E-state index in [1.165, 1.54) is 103 Å². The predicted octanol–water partition coefficient (Wildman–Crippen LogP) is 4.11. The van der Waals surface area contributed by atoms with Gasteiger partial charge in [-0.3, -0.25) is 0 Å². The normalized spacial score (nSPS) is 12.6. The van der Waals surface area contributed by atoms with Crippen molar-refractivity contribution in [3.05, 3.63) is 0 Å². The zero-order valence-corrected chi connectivity index (χ0v) is 24.2. The maximum atomic E-state index is 10.5. The summed E-state index contributed by atoms with van der Waals surface area (Å²) in [5.74, 6) is -0.197. The van der Waals surface area contributed by atoms with Crippen molar-refractivity contribution in [2.45, 2.75) is 148 Å². The van der Waals surface area contributed by atoms with Gasteiger partial charge in [-0.2, -0.15) is 0 Å². The molecule has 0 rings (SSSR count). The number of hydrogen-bond acceptors (Lipinski definition) is 4. The quantitative estimate of drug-likeness (QED) is 0.138. The van der Waals surface area contributed by atoms with Gasteiger partial charge < -0.3 is 9.66 Å². The average molecular weight is 473 g/mol. The minimum absolute atomic E-state index is 0. The minimum atomic E-state index is -4.01. The van der Waals surface area contributed by atoms with Gasteiger partial charge in [-0.05, 0) is 19.3 Å². The first-order chi connectivity index (χ1) is 14.0. The van der Waals surface area contributed by atoms with Gasteiger partial charge in [0.05, 0.1) is 16.2 Å². The molecule has 0 heterocycles. The third-order valence-electron chi connectivity index (χ3n) is 5.90. The first kappa shape index (κ1) is 33.7. The summed E-state index contributed by atoms with van der Waals surface area (Å²) < 4.78 is 31.5. The van der Waals surface area contributed by atoms with Crippen molar-refractivity contribution in [1.29, 1.82) is 0 Å². The summed E-state index contributed by atoms with van der Waals surface area (Å²) in [6.45, 7) is 2.05. The maximum Gasteiger partial charge on any atom is 1.00 e. The molecular formula is C24H49KO4S. The van der Waals surface area contributed by atoms with E-state index >= 15 is 0 Å². The molecule has 0 aliphatic heterocycles. The van der Waals surface area contributed by atoms with Crippen molar-refractivity contribution in [2.24, 2.45) is 0 Å². The van der Waals surface area contributed by atoms with Crippen LogP contribution in [0.2, 0.25) is 0 Å². The van der Waals surface area contributed by atoms with Crippen LogP contribution in [0.4, 0.5) is 0 Å². The van der Waals surface area contributed by atoms with E-state index in [9.17, 15) is 18.1 Å². The van der Waals surface area contributed by atoms with E-state index < -0.39 is 10.1 Å². The topological polar surface area (TPSA) is 77.4 Å². The van der Waals surface area contributed by atoms with Crippen LogP contribution in [0.1, 0.15) is 142 Å². The molecule has 0 bridgehead atoms. The molecule has 0 radical (unpaired) electrons. The molecule has 4 nitrogen and oxygen atoms in total. The minimum Gasteiger partial charge on any atom is -0.748 e. The SMILES string of the molecule is CCC(O)CCCCCCCCCCCCCCCCCCCCCS(=O)(=O)[O-].[K+]. The summed E-state index contributed by atoms with van der Waals surface area (Å²) in [7, 11) is -4.01. The Morgan fingerprint density at radius 1 is 0.600 bits per heavy atom. The smallest absolute Gasteiger partial charge is 0.748 e. The Labute approximate surface area is 230 Å². The van der Waals surface area contributed by atoms with Crippen molar-refractivity contribution >= 4 is 10.1 Å². The molecule has 30 heavy (non-hydrogen) atoms. The predicted molar refractivity (Wildman–Crippen MR) is 123 cm³/mol. The van der Waals surface area contributed by atoms with E-state index in [-0.39, 0.29) is 63.2 Å². The van der Waals surface area contributed by atoms with E-state index in [1.54, 1.807) is 0 Å². The molecule has 0 aromatic rings. The van der Waals surface area contributed by atoms with E-state index in [4.69, 9.17) is 0 Å². The standard InChI is InChI=1S/C24H50O4S.K/c1-2-24(25)22-20-18-16-14-12-10-8-6-4-3-5-7-9-11-13-15-17-19-21-23-29(26,27)28;/h24-25H,2-23H2,1H3,(H,26,27,28);/q;+1/p-1. The zero-order chi connectivity index (χ0) is 21.6. The first-order valence-electron chi connectivity index (χ1n) is 12.6. The molecule has 6 heteroatoms. The molecular weight excluding hydrogens is 423 g/mol. The van der Waals surface area contributed by atoms with E-state index in [0.717, 1.165) is 25.7 Å². The summed E-state index contributed by atoms with van der Waals surface area (Å²) in [6, 6.07) is 0. The Balaban J connectivity index is 0. The number of hydrogen-bond donors (Lipinski definition) is 1. The molecule has 0 spiro atoms. The molecule has 0 aromatic heterocycles. The van der Waals surface area contributed by atoms with E-state index in [1.807, 2.05) is 0 Å². The second-order valence-electron chi connectivity index (χ2n) is 8.83. The second kappa shape index (κ2) is 25.1. The molecule has 0 amide bonds. The van der Waals surface area contributed by atoms with Gasteiger partial charge in [0.2, 0.25) is 0 Å². The van der Waals surface area contributed by atoms with Gasteiger partial charge in [0.1, 0.15) is 0 Å². The Hall–Kier alpha value is 1.51. The molecule has 0 aromatic carbocycles. The van der Waals surface area contributed by atoms with Crippen LogP contribution in [0.15, 0.2) is 0 Å². The third-order valence-corrected chi connectivity index (χ3v) is 6.69. The monoisotopic (exact) mass is 472 g/mol. The molecule has 0 fully saturated rings. The van der Waals surface area contributed by atoms with Crippen LogP contribution in [-0.4, -0.2) is 29.9 Å². The number of rotatable bonds is 23. The molecule has 0 saturated carbocycles. The van der Waals surface area contributed by atoms with Gasteiger partial charge in [0.25, 0.3) is 0 Å². The van der Waals surface area contributed by atoms with E-state index in [0.29, 0.717) is 6.42 Å². The molecule has 1 N–H and O–H groups in total. The van der Waals surface area contributed by atoms with Crippen LogP contribution >= 0.6 is 0 Å². The molecule has 1 atom stereocenters. The number of unbranched alkanes of at least 4 members (excludes halogenated alkanes) is 18. The number of aliphatic hydroxyl groups is 1. The fraction of sp³-hybridized carbons (Fsp3) is 1.00. The van der Waals surface area contributed by atoms with Crippen LogP contribution < -0.4 is 51.4 Å². The van der Waals surface area contributed by atoms with Gasteiger partial charge in [0.15, 0.2) is 0 Å². The molecule has 176 valence electrons. The van der Waals surface area contributed by atoms with Crippen molar-refractivity contribution < 1.29 is 69.5 Å². The van der Waals surface area contributed by atoms with Crippen molar-refractivity contribution in [1.82, 2.24) is 0 Å². The van der Waals surface area contributed by atoms with Crippen LogP contribution in [0, 0.1) is 0 Å². The maximum absolute atomic E-state index is 10.5. The Morgan fingerprint density at radius 2 is 0.867 bits per heavy atom. The van der Waals surface area contributed by atoms with Crippen molar-refractivity contribution in [3.8, 4) is 0 Å². The molecule has 0 saturated heterocycles. The largest absolute Gasteiger partial charge is 1.00 e. The van der Waals surface area contributed by atoms with Crippen LogP contribution in [0.3, 0.4) is 0 Å². The summed E-state index contributed by atoms with van der Waals surface area (Å²) >= 11 is 0. The summed E-state index contributed by atoms with van der Waals surface area (Å²) in [5.41, 5.74) is 0. The summed E-state index contributed by atoms with van der Waals surface area (Å²) in [4.78, 5) is 0. The van der Waals surface area contributed by atoms with Gasteiger partial charge in [0, 0.05) is 5.75 Å². The van der Waals surface area contributed by atoms with Gasteiger partial charge >= 0.3 is 51.4 Å². The van der Waals surface area contributed by atoms with Gasteiger partial charge in [-0.25, -0.2) is 8.42 Å². The van der Waals surface area contributed by atoms with E-state index in [2.05, 4.69) is 6.92 Å². The first-order valence-corrected chi connectivity index (χ1v) is 14.1. The second-order valence-corrected chi connectivity index (χ2v) is 10.4. The molecule has 1 unspecified atom stereocenters. The molecule has 0 aliphatic rings. The number of aliphatic hydroxyl groups excluding tert-OH is 1. The zero-order valence-electron chi connectivity index (χ0n) is 20.2. The molecule has 0 aliphatic carbocycles. The van der Waals surface area contributed by atoms with Crippen LogP contribution in [0.5, 0.6) is 0 Å². The Kier molecular flexibility index (Phi) is 28.2. The van der Waals surface area contributed by atoms with Gasteiger partial charge in [-0.1, -0.05) is 122 Å². The Morgan fingerprint density at radius 3 is 1.13 bits per heavy atom. The van der Waals surface area contributed by atoms with Crippen LogP contribution in [0.25, 0.3) is 0 Å². The van der Waals surface area contributed by atoms with Crippen molar-refractivity contribution in [3.63, 3.8) is 0 Å². The average Bonchev–Trinajstić information content (AvgIpc) is 2.68. The Bertz CT molecular complexity index is 429. The van der Waals surface area contributed by atoms with Gasteiger partial charge in [-0.15, -0.1) is 0 Å². The van der Waals surface area contributed by atoms with Crippen LogP contribution in [-0.2, 0) is 10.1 Å². The summed E-state index contributed by atoms with van der Waals surface area (Å²) in [5, 5.41) is 9.51. The summed E-state index contributed by atoms with van der Waals surface area (Å²) in [6.07, 6.45) is 25.4. The van der Waals surface area contributed by atoms with Crippen molar-refractivity contribution in [2.75, 3.05) is 5.75 Å². The fourth-order valence-electron chi connectivity index (χ4n) is 3.87. The third kappa shape index (κ3) is 29.5.